The lowest BCUT2D eigenvalue weighted by Gasteiger charge is -2.26. The molecular formula is C29H37N7O2. The van der Waals surface area contributed by atoms with Crippen LogP contribution in [0.3, 0.4) is 0 Å². The number of hydrogen-bond donors (Lipinski definition) is 4. The highest BCUT2D eigenvalue weighted by atomic mass is 16.2. The zero-order valence-corrected chi connectivity index (χ0v) is 22.2. The molecule has 1 aliphatic heterocycles. The molecule has 0 unspecified atom stereocenters. The summed E-state index contributed by atoms with van der Waals surface area (Å²) in [4.78, 5) is 36.5. The summed E-state index contributed by atoms with van der Waals surface area (Å²) >= 11 is 0. The lowest BCUT2D eigenvalue weighted by Crippen LogP contribution is -2.37. The van der Waals surface area contributed by atoms with Crippen LogP contribution in [-0.4, -0.2) is 59.5 Å². The monoisotopic (exact) mass is 515 g/mol. The molecule has 0 spiro atoms. The van der Waals surface area contributed by atoms with Gasteiger partial charge in [0, 0.05) is 49.8 Å². The summed E-state index contributed by atoms with van der Waals surface area (Å²) in [5, 5.41) is 12.0. The summed E-state index contributed by atoms with van der Waals surface area (Å²) in [5.74, 6) is 0.441. The smallest absolute Gasteiger partial charge is 0.319 e. The van der Waals surface area contributed by atoms with Crippen LogP contribution in [0.25, 0.3) is 11.3 Å². The highest BCUT2D eigenvalue weighted by Crippen LogP contribution is 2.24. The standard InChI is InChI=1S/C29H37N7O2/c1-3-31-27-25(28(37)32-13-16-36-14-5-4-6-15-36)11-12-26(35-27)23-7-9-24(10-8-23)34-29(38)33-20-22-17-21(2)18-30-19-22/h7-12,17-19H,3-6,13-16,20H2,1-2H3,(H,31,35)(H,32,37)(H2,33,34,38). The van der Waals surface area contributed by atoms with Crippen molar-refractivity contribution in [2.75, 3.05) is 43.4 Å². The Hall–Kier alpha value is -3.98. The Balaban J connectivity index is 1.34. The molecule has 3 heterocycles. The molecule has 3 amide bonds. The zero-order valence-electron chi connectivity index (χ0n) is 22.2. The lowest BCUT2D eigenvalue weighted by atomic mass is 10.1. The van der Waals surface area contributed by atoms with Gasteiger partial charge in [-0.15, -0.1) is 0 Å². The molecule has 0 saturated carbocycles. The highest BCUT2D eigenvalue weighted by Gasteiger charge is 2.15. The first-order chi connectivity index (χ1) is 18.5. The molecule has 1 aliphatic rings. The molecule has 1 aromatic carbocycles. The van der Waals surface area contributed by atoms with E-state index in [2.05, 4.69) is 31.2 Å². The Labute approximate surface area is 224 Å². The molecule has 3 aromatic rings. The van der Waals surface area contributed by atoms with Gasteiger partial charge in [-0.1, -0.05) is 24.6 Å². The Morgan fingerprint density at radius 1 is 0.974 bits per heavy atom. The van der Waals surface area contributed by atoms with Gasteiger partial charge in [0.25, 0.3) is 5.91 Å². The van der Waals surface area contributed by atoms with E-state index in [0.29, 0.717) is 36.7 Å². The maximum atomic E-state index is 12.9. The van der Waals surface area contributed by atoms with Crippen LogP contribution in [0.1, 0.15) is 47.7 Å². The Kier molecular flexibility index (Phi) is 9.64. The number of nitrogens with zero attached hydrogens (tertiary/aromatic N) is 3. The van der Waals surface area contributed by atoms with Crippen LogP contribution < -0.4 is 21.3 Å². The summed E-state index contributed by atoms with van der Waals surface area (Å²) < 4.78 is 0. The van der Waals surface area contributed by atoms with E-state index in [1.165, 1.54) is 19.3 Å². The number of aromatic nitrogens is 2. The minimum Gasteiger partial charge on any atom is -0.370 e. The second kappa shape index (κ2) is 13.5. The quantitative estimate of drug-likeness (QED) is 0.318. The molecule has 4 N–H and O–H groups in total. The first kappa shape index (κ1) is 27.1. The highest BCUT2D eigenvalue weighted by molar-refractivity contribution is 5.99. The van der Waals surface area contributed by atoms with Crippen LogP contribution in [-0.2, 0) is 6.54 Å². The molecule has 4 rings (SSSR count). The number of pyridine rings is 2. The number of hydrogen-bond acceptors (Lipinski definition) is 6. The number of amides is 3. The molecule has 9 nitrogen and oxygen atoms in total. The molecule has 9 heteroatoms. The fraction of sp³-hybridized carbons (Fsp3) is 0.379. The van der Waals surface area contributed by atoms with Gasteiger partial charge in [0.15, 0.2) is 0 Å². The van der Waals surface area contributed by atoms with Gasteiger partial charge in [-0.2, -0.15) is 0 Å². The third kappa shape index (κ3) is 7.76. The summed E-state index contributed by atoms with van der Waals surface area (Å²) in [6.07, 6.45) is 7.29. The van der Waals surface area contributed by atoms with E-state index in [1.54, 1.807) is 12.4 Å². The van der Waals surface area contributed by atoms with Crippen LogP contribution in [0, 0.1) is 6.92 Å². The van der Waals surface area contributed by atoms with Crippen LogP contribution in [0.15, 0.2) is 54.9 Å². The maximum Gasteiger partial charge on any atom is 0.319 e. The van der Waals surface area contributed by atoms with Crippen molar-refractivity contribution >= 4 is 23.4 Å². The predicted octanol–water partition coefficient (Wildman–Crippen LogP) is 4.42. The van der Waals surface area contributed by atoms with Crippen LogP contribution in [0.4, 0.5) is 16.3 Å². The minimum absolute atomic E-state index is 0.121. The molecule has 200 valence electrons. The van der Waals surface area contributed by atoms with Gasteiger partial charge >= 0.3 is 6.03 Å². The molecule has 1 fully saturated rings. The van der Waals surface area contributed by atoms with E-state index in [0.717, 1.165) is 42.0 Å². The molecule has 0 aliphatic carbocycles. The van der Waals surface area contributed by atoms with E-state index >= 15 is 0 Å². The lowest BCUT2D eigenvalue weighted by molar-refractivity contribution is 0.0947. The average molecular weight is 516 g/mol. The first-order valence-corrected chi connectivity index (χ1v) is 13.3. The van der Waals surface area contributed by atoms with Crippen molar-refractivity contribution in [2.45, 2.75) is 39.7 Å². The number of rotatable bonds is 10. The number of likely N-dealkylation sites (tertiary alicyclic amines) is 1. The van der Waals surface area contributed by atoms with Gasteiger partial charge in [-0.25, -0.2) is 9.78 Å². The third-order valence-corrected chi connectivity index (χ3v) is 6.47. The van der Waals surface area contributed by atoms with Crippen molar-refractivity contribution in [1.29, 1.82) is 0 Å². The van der Waals surface area contributed by atoms with Gasteiger partial charge in [-0.3, -0.25) is 9.78 Å². The molecule has 38 heavy (non-hydrogen) atoms. The second-order valence-corrected chi connectivity index (χ2v) is 9.54. The predicted molar refractivity (Wildman–Crippen MR) is 151 cm³/mol. The SMILES string of the molecule is CCNc1nc(-c2ccc(NC(=O)NCc3cncc(C)c3)cc2)ccc1C(=O)NCCN1CCCCC1. The number of piperidine rings is 1. The summed E-state index contributed by atoms with van der Waals surface area (Å²) in [6.45, 7) is 8.71. The topological polar surface area (TPSA) is 111 Å². The van der Waals surface area contributed by atoms with Crippen molar-refractivity contribution in [3.63, 3.8) is 0 Å². The van der Waals surface area contributed by atoms with Gasteiger partial charge in [0.05, 0.1) is 11.3 Å². The second-order valence-electron chi connectivity index (χ2n) is 9.54. The molecule has 0 radical (unpaired) electrons. The van der Waals surface area contributed by atoms with E-state index < -0.39 is 0 Å². The van der Waals surface area contributed by atoms with Crippen molar-refractivity contribution < 1.29 is 9.59 Å². The number of urea groups is 1. The number of carbonyl (C=O) groups is 2. The Morgan fingerprint density at radius 3 is 2.50 bits per heavy atom. The summed E-state index contributed by atoms with van der Waals surface area (Å²) in [7, 11) is 0. The van der Waals surface area contributed by atoms with E-state index in [4.69, 9.17) is 4.98 Å². The van der Waals surface area contributed by atoms with E-state index in [9.17, 15) is 9.59 Å². The van der Waals surface area contributed by atoms with Crippen molar-refractivity contribution in [2.24, 2.45) is 0 Å². The number of anilines is 2. The number of aryl methyl sites for hydroxylation is 1. The zero-order chi connectivity index (χ0) is 26.7. The maximum absolute atomic E-state index is 12.9. The Bertz CT molecular complexity index is 1220. The van der Waals surface area contributed by atoms with Gasteiger partial charge in [0.2, 0.25) is 0 Å². The Morgan fingerprint density at radius 2 is 1.76 bits per heavy atom. The molecule has 0 bridgehead atoms. The normalized spacial score (nSPS) is 13.5. The van der Waals surface area contributed by atoms with Crippen molar-refractivity contribution in [1.82, 2.24) is 25.5 Å². The fourth-order valence-electron chi connectivity index (χ4n) is 4.51. The van der Waals surface area contributed by atoms with Gasteiger partial charge in [-0.05, 0) is 75.2 Å². The van der Waals surface area contributed by atoms with Crippen molar-refractivity contribution in [3.8, 4) is 11.3 Å². The summed E-state index contributed by atoms with van der Waals surface area (Å²) in [5.41, 5.74) is 4.83. The van der Waals surface area contributed by atoms with E-state index in [-0.39, 0.29) is 11.9 Å². The summed E-state index contributed by atoms with van der Waals surface area (Å²) in [6, 6.07) is 12.8. The van der Waals surface area contributed by atoms with Crippen LogP contribution in [0.2, 0.25) is 0 Å². The van der Waals surface area contributed by atoms with Gasteiger partial charge in [0.1, 0.15) is 5.82 Å². The van der Waals surface area contributed by atoms with E-state index in [1.807, 2.05) is 56.3 Å². The van der Waals surface area contributed by atoms with Crippen molar-refractivity contribution in [3.05, 3.63) is 71.5 Å². The number of carbonyl (C=O) groups excluding carboxylic acids is 2. The van der Waals surface area contributed by atoms with Crippen LogP contribution >= 0.6 is 0 Å². The first-order valence-electron chi connectivity index (χ1n) is 13.3. The minimum atomic E-state index is -0.289. The number of nitrogens with one attached hydrogen (secondary N) is 4. The number of benzene rings is 1. The molecular weight excluding hydrogens is 478 g/mol. The van der Waals surface area contributed by atoms with Gasteiger partial charge < -0.3 is 26.2 Å². The fourth-order valence-corrected chi connectivity index (χ4v) is 4.51. The van der Waals surface area contributed by atoms with Crippen LogP contribution in [0.5, 0.6) is 0 Å². The average Bonchev–Trinajstić information content (AvgIpc) is 2.93. The molecule has 2 aromatic heterocycles. The molecule has 0 atom stereocenters. The third-order valence-electron chi connectivity index (χ3n) is 6.47. The largest absolute Gasteiger partial charge is 0.370 e. The molecule has 1 saturated heterocycles.